The minimum Gasteiger partial charge on any atom is -0.497 e. The normalized spacial score (nSPS) is 23.2. The highest BCUT2D eigenvalue weighted by molar-refractivity contribution is 6.04. The number of nitrogens with one attached hydrogen (secondary N) is 1. The van der Waals surface area contributed by atoms with Gasteiger partial charge in [-0.2, -0.15) is 0 Å². The molecule has 0 saturated carbocycles. The lowest BCUT2D eigenvalue weighted by Gasteiger charge is -2.33. The average molecular weight is 632 g/mol. The van der Waals surface area contributed by atoms with Gasteiger partial charge in [-0.15, -0.1) is 13.2 Å². The van der Waals surface area contributed by atoms with Crippen molar-refractivity contribution in [1.82, 2.24) is 15.2 Å². The van der Waals surface area contributed by atoms with Gasteiger partial charge in [0.15, 0.2) is 0 Å². The van der Waals surface area contributed by atoms with E-state index < -0.39 is 53.1 Å². The van der Waals surface area contributed by atoms with Crippen LogP contribution >= 0.6 is 0 Å². The molecule has 1 unspecified atom stereocenters. The van der Waals surface area contributed by atoms with E-state index in [-0.39, 0.29) is 29.7 Å². The number of likely N-dealkylation sites (tertiary alicyclic amines) is 1. The van der Waals surface area contributed by atoms with Gasteiger partial charge in [-0.3, -0.25) is 19.4 Å². The van der Waals surface area contributed by atoms with Crippen molar-refractivity contribution in [3.63, 3.8) is 0 Å². The van der Waals surface area contributed by atoms with E-state index in [9.17, 15) is 22.8 Å². The van der Waals surface area contributed by atoms with Crippen LogP contribution in [0.1, 0.15) is 33.8 Å². The van der Waals surface area contributed by atoms with Crippen LogP contribution in [-0.2, 0) is 4.79 Å². The third-order valence-corrected chi connectivity index (χ3v) is 8.64. The fourth-order valence-electron chi connectivity index (χ4n) is 6.49. The van der Waals surface area contributed by atoms with Crippen molar-refractivity contribution in [2.24, 2.45) is 0 Å². The van der Waals surface area contributed by atoms with Crippen LogP contribution in [0.5, 0.6) is 11.5 Å². The highest BCUT2D eigenvalue weighted by Crippen LogP contribution is 2.38. The van der Waals surface area contributed by atoms with Crippen LogP contribution in [0.4, 0.5) is 33.6 Å². The average Bonchev–Trinajstić information content (AvgIpc) is 3.65. The van der Waals surface area contributed by atoms with Crippen molar-refractivity contribution in [3.8, 4) is 11.5 Å². The Morgan fingerprint density at radius 1 is 0.956 bits per heavy atom. The molecule has 0 spiro atoms. The number of hydrogen-bond acceptors (Lipinski definition) is 7. The summed E-state index contributed by atoms with van der Waals surface area (Å²) in [6.07, 6.45) is -3.92. The van der Waals surface area contributed by atoms with Gasteiger partial charge in [0, 0.05) is 60.9 Å². The summed E-state index contributed by atoms with van der Waals surface area (Å²) in [5.74, 6) is -4.23. The van der Waals surface area contributed by atoms with Gasteiger partial charge in [0.25, 0.3) is 11.8 Å². The predicted octanol–water partition coefficient (Wildman–Crippen LogP) is 4.40. The highest BCUT2D eigenvalue weighted by Gasteiger charge is 2.47. The van der Waals surface area contributed by atoms with Crippen molar-refractivity contribution in [3.05, 3.63) is 76.9 Å². The second kappa shape index (κ2) is 11.5. The highest BCUT2D eigenvalue weighted by atomic mass is 19.4. The number of pyridine rings is 1. The van der Waals surface area contributed by atoms with Gasteiger partial charge in [-0.25, -0.2) is 13.8 Å². The summed E-state index contributed by atoms with van der Waals surface area (Å²) < 4.78 is 77.3. The molecule has 2 aromatic carbocycles. The number of nitrogens with zero attached hydrogens (tertiary/aromatic N) is 4. The Hall–Kier alpha value is -4.46. The third-order valence-electron chi connectivity index (χ3n) is 8.64. The van der Waals surface area contributed by atoms with Gasteiger partial charge in [-0.1, -0.05) is 0 Å². The van der Waals surface area contributed by atoms with Gasteiger partial charge in [0.1, 0.15) is 40.8 Å². The Labute approximate surface area is 255 Å². The molecule has 238 valence electrons. The maximum Gasteiger partial charge on any atom is 0.573 e. The van der Waals surface area contributed by atoms with E-state index in [4.69, 9.17) is 9.72 Å². The first-order chi connectivity index (χ1) is 21.3. The van der Waals surface area contributed by atoms with Gasteiger partial charge < -0.3 is 19.7 Å². The van der Waals surface area contributed by atoms with E-state index in [2.05, 4.69) is 26.9 Å². The lowest BCUT2D eigenvalue weighted by atomic mass is 9.92. The van der Waals surface area contributed by atoms with Crippen LogP contribution in [0, 0.1) is 18.6 Å². The van der Waals surface area contributed by atoms with E-state index in [0.29, 0.717) is 11.9 Å². The second-order valence-electron chi connectivity index (χ2n) is 11.6. The van der Waals surface area contributed by atoms with Crippen LogP contribution in [-0.4, -0.2) is 80.0 Å². The Bertz CT molecular complexity index is 1610. The molecule has 0 radical (unpaired) electrons. The first-order valence-corrected chi connectivity index (χ1v) is 14.3. The van der Waals surface area contributed by atoms with Crippen molar-refractivity contribution in [2.45, 2.75) is 43.8 Å². The molecule has 3 aliphatic rings. The summed E-state index contributed by atoms with van der Waals surface area (Å²) in [5, 5.41) is 2.55. The lowest BCUT2D eigenvalue weighted by Crippen LogP contribution is -2.45. The maximum absolute atomic E-state index is 15.4. The number of alkyl halides is 3. The monoisotopic (exact) mass is 631 g/mol. The number of piperazine rings is 1. The molecule has 4 heterocycles. The first-order valence-electron chi connectivity index (χ1n) is 14.3. The Balaban J connectivity index is 1.32. The fraction of sp³-hybridized carbons (Fsp3) is 0.387. The molecule has 45 heavy (non-hydrogen) atoms. The van der Waals surface area contributed by atoms with E-state index in [0.717, 1.165) is 61.5 Å². The smallest absolute Gasteiger partial charge is 0.497 e. The standard InChI is InChI=1S/C31H30F5N5O4/c1-16-8-25(40-14-18-10-19(40)13-39(18)2)37-26(9-16)41-15-22(27-23(32)11-21(44-3)12-24(27)33)28(30(41)43)38-29(42)17-4-6-20(7-5-17)45-31(34,35)36/h4-9,11-12,18-19,22,28H,10,13-15H2,1-3H3,(H,38,42)/t18-,19-,22-,28?/m0/s1. The van der Waals surface area contributed by atoms with Crippen molar-refractivity contribution >= 4 is 23.5 Å². The molecule has 3 aromatic rings. The molecule has 14 heteroatoms. The molecule has 9 nitrogen and oxygen atoms in total. The molecule has 3 saturated heterocycles. The zero-order valence-corrected chi connectivity index (χ0v) is 24.6. The Kier molecular flexibility index (Phi) is 7.79. The number of amides is 2. The van der Waals surface area contributed by atoms with E-state index in [1.54, 1.807) is 6.07 Å². The second-order valence-corrected chi connectivity index (χ2v) is 11.6. The number of anilines is 2. The van der Waals surface area contributed by atoms with Gasteiger partial charge >= 0.3 is 6.36 Å². The Morgan fingerprint density at radius 2 is 1.62 bits per heavy atom. The number of ether oxygens (including phenoxy) is 2. The minimum absolute atomic E-state index is 0.0628. The zero-order valence-electron chi connectivity index (χ0n) is 24.6. The number of likely N-dealkylation sites (N-methyl/N-ethyl adjacent to an activating group) is 1. The van der Waals surface area contributed by atoms with E-state index in [1.165, 1.54) is 12.0 Å². The molecule has 1 N–H and O–H groups in total. The van der Waals surface area contributed by atoms with Crippen LogP contribution in [0.15, 0.2) is 48.5 Å². The summed E-state index contributed by atoms with van der Waals surface area (Å²) in [5.41, 5.74) is 0.319. The topological polar surface area (TPSA) is 87.2 Å². The van der Waals surface area contributed by atoms with E-state index in [1.807, 2.05) is 13.0 Å². The number of rotatable bonds is 7. The molecule has 6 rings (SSSR count). The summed E-state index contributed by atoms with van der Waals surface area (Å²) in [4.78, 5) is 37.8. The van der Waals surface area contributed by atoms with Crippen LogP contribution in [0.3, 0.4) is 0 Å². The summed E-state index contributed by atoms with van der Waals surface area (Å²) in [6, 6.07) is 8.93. The number of benzene rings is 2. The van der Waals surface area contributed by atoms with Crippen molar-refractivity contribution in [1.29, 1.82) is 0 Å². The molecule has 2 bridgehead atoms. The number of carbonyl (C=O) groups excluding carboxylic acids is 2. The fourth-order valence-corrected chi connectivity index (χ4v) is 6.49. The molecule has 3 fully saturated rings. The number of aryl methyl sites for hydroxylation is 1. The predicted molar refractivity (Wildman–Crippen MR) is 154 cm³/mol. The third kappa shape index (κ3) is 5.98. The largest absolute Gasteiger partial charge is 0.573 e. The van der Waals surface area contributed by atoms with Crippen molar-refractivity contribution in [2.75, 3.05) is 43.6 Å². The van der Waals surface area contributed by atoms with Crippen molar-refractivity contribution < 1.29 is 41.0 Å². The van der Waals surface area contributed by atoms with Gasteiger partial charge in [-0.05, 0) is 62.4 Å². The summed E-state index contributed by atoms with van der Waals surface area (Å²) in [7, 11) is 3.34. The van der Waals surface area contributed by atoms with Gasteiger partial charge in [0.2, 0.25) is 0 Å². The number of hydrogen-bond donors (Lipinski definition) is 1. The van der Waals surface area contributed by atoms with Gasteiger partial charge in [0.05, 0.1) is 7.11 Å². The molecule has 2 amide bonds. The van der Waals surface area contributed by atoms with Crippen LogP contribution in [0.25, 0.3) is 0 Å². The summed E-state index contributed by atoms with van der Waals surface area (Å²) in [6.45, 7) is 3.32. The molecular formula is C31H30F5N5O4. The maximum atomic E-state index is 15.4. The number of methoxy groups -OCH3 is 1. The number of carbonyl (C=O) groups is 2. The quantitative estimate of drug-likeness (QED) is 0.387. The van der Waals surface area contributed by atoms with E-state index >= 15 is 8.78 Å². The first kappa shape index (κ1) is 30.6. The minimum atomic E-state index is -4.92. The lowest BCUT2D eigenvalue weighted by molar-refractivity contribution is -0.274. The zero-order chi connectivity index (χ0) is 32.2. The summed E-state index contributed by atoms with van der Waals surface area (Å²) >= 11 is 0. The molecule has 3 aliphatic heterocycles. The number of aromatic nitrogens is 1. The molecular weight excluding hydrogens is 601 g/mol. The van der Waals surface area contributed by atoms with Crippen LogP contribution < -0.4 is 24.6 Å². The number of halogens is 5. The number of fused-ring (bicyclic) bond motifs is 2. The van der Waals surface area contributed by atoms with Crippen LogP contribution in [0.2, 0.25) is 0 Å². The molecule has 4 atom stereocenters. The SMILES string of the molecule is COc1cc(F)c([C@@H]2CN(c3cc(C)cc(N4C[C@@H]5C[C@H]4CN5C)n3)C(=O)C2NC(=O)c2ccc(OC(F)(F)F)cc2)c(F)c1. The molecule has 0 aliphatic carbocycles. The Morgan fingerprint density at radius 3 is 2.20 bits per heavy atom. The molecule has 1 aromatic heterocycles.